The minimum atomic E-state index is -0.295. The van der Waals surface area contributed by atoms with E-state index in [1.54, 1.807) is 17.4 Å². The molecule has 0 N–H and O–H groups in total. The quantitative estimate of drug-likeness (QED) is 0.616. The van der Waals surface area contributed by atoms with E-state index in [2.05, 4.69) is 0 Å². The fourth-order valence-electron chi connectivity index (χ4n) is 0.933. The second-order valence-corrected chi connectivity index (χ2v) is 3.14. The van der Waals surface area contributed by atoms with Crippen LogP contribution in [0.25, 0.3) is 6.08 Å². The van der Waals surface area contributed by atoms with Crippen molar-refractivity contribution in [2.45, 2.75) is 0 Å². The van der Waals surface area contributed by atoms with Crippen LogP contribution in [0, 0.1) is 0 Å². The van der Waals surface area contributed by atoms with Gasteiger partial charge in [0.25, 0.3) is 0 Å². The highest BCUT2D eigenvalue weighted by Crippen LogP contribution is 2.15. The molecule has 0 fully saturated rings. The van der Waals surface area contributed by atoms with Gasteiger partial charge in [0, 0.05) is 6.08 Å². The first kappa shape index (κ1) is 7.31. The summed E-state index contributed by atoms with van der Waals surface area (Å²) in [5.41, 5.74) is 1.06. The number of carbonyl (C=O) groups excluding carboxylic acids is 1. The maximum absolute atomic E-state index is 10.6. The fourth-order valence-corrected chi connectivity index (χ4v) is 1.55. The van der Waals surface area contributed by atoms with E-state index in [9.17, 15) is 4.79 Å². The van der Waals surface area contributed by atoms with Gasteiger partial charge in [-0.25, -0.2) is 4.79 Å². The zero-order valence-corrected chi connectivity index (χ0v) is 7.01. The summed E-state index contributed by atoms with van der Waals surface area (Å²) in [6.07, 6.45) is 4.91. The molecule has 1 aliphatic rings. The lowest BCUT2D eigenvalue weighted by atomic mass is 10.3. The summed E-state index contributed by atoms with van der Waals surface area (Å²) in [6.45, 7) is 0. The van der Waals surface area contributed by atoms with E-state index in [0.29, 0.717) is 5.76 Å². The summed E-state index contributed by atoms with van der Waals surface area (Å²) in [4.78, 5) is 10.6. The number of carbonyl (C=O) groups is 1. The van der Waals surface area contributed by atoms with E-state index < -0.39 is 0 Å². The van der Waals surface area contributed by atoms with Crippen LogP contribution >= 0.6 is 11.3 Å². The Balaban J connectivity index is 2.21. The van der Waals surface area contributed by atoms with E-state index >= 15 is 0 Å². The molecule has 0 radical (unpaired) electrons. The van der Waals surface area contributed by atoms with Gasteiger partial charge in [0.15, 0.2) is 0 Å². The molecule has 3 heteroatoms. The largest absolute Gasteiger partial charge is 0.423 e. The highest BCUT2D eigenvalue weighted by Gasteiger charge is 2.08. The monoisotopic (exact) mass is 178 g/mol. The van der Waals surface area contributed by atoms with Crippen molar-refractivity contribution in [2.75, 3.05) is 0 Å². The number of ether oxygens (including phenoxy) is 1. The molecule has 1 aromatic rings. The average Bonchev–Trinajstić information content (AvgIpc) is 2.63. The Hall–Kier alpha value is -1.35. The molecule has 2 nitrogen and oxygen atoms in total. The van der Waals surface area contributed by atoms with Crippen molar-refractivity contribution in [2.24, 2.45) is 0 Å². The van der Waals surface area contributed by atoms with Crippen molar-refractivity contribution in [1.29, 1.82) is 0 Å². The van der Waals surface area contributed by atoms with Gasteiger partial charge in [-0.1, -0.05) is 0 Å². The maximum Gasteiger partial charge on any atom is 0.336 e. The summed E-state index contributed by atoms with van der Waals surface area (Å²) < 4.78 is 4.85. The number of hydrogen-bond donors (Lipinski definition) is 0. The van der Waals surface area contributed by atoms with Crippen LogP contribution in [0.2, 0.25) is 0 Å². The van der Waals surface area contributed by atoms with E-state index in [0.717, 1.165) is 5.56 Å². The Morgan fingerprint density at radius 1 is 1.42 bits per heavy atom. The minimum Gasteiger partial charge on any atom is -0.423 e. The van der Waals surface area contributed by atoms with Crippen molar-refractivity contribution in [3.05, 3.63) is 40.3 Å². The van der Waals surface area contributed by atoms with E-state index in [1.165, 1.54) is 6.08 Å². The molecule has 0 aliphatic carbocycles. The molecule has 0 saturated heterocycles. The Kier molecular flexibility index (Phi) is 1.80. The summed E-state index contributed by atoms with van der Waals surface area (Å²) in [5.74, 6) is 0.315. The second kappa shape index (κ2) is 2.95. The van der Waals surface area contributed by atoms with Gasteiger partial charge >= 0.3 is 5.97 Å². The van der Waals surface area contributed by atoms with Crippen LogP contribution in [0.1, 0.15) is 5.56 Å². The summed E-state index contributed by atoms with van der Waals surface area (Å²) in [6, 6.07) is 1.97. The third-order valence-corrected chi connectivity index (χ3v) is 2.16. The SMILES string of the molecule is O=C1C=C/C(=C/c2ccsc2)O1. The molecular weight excluding hydrogens is 172 g/mol. The van der Waals surface area contributed by atoms with Gasteiger partial charge in [-0.05, 0) is 34.5 Å². The van der Waals surface area contributed by atoms with Crippen molar-refractivity contribution in [3.63, 3.8) is 0 Å². The van der Waals surface area contributed by atoms with Crippen molar-refractivity contribution in [3.8, 4) is 0 Å². The second-order valence-electron chi connectivity index (χ2n) is 2.36. The first-order valence-corrected chi connectivity index (χ1v) is 4.43. The van der Waals surface area contributed by atoms with Crippen LogP contribution in [0.5, 0.6) is 0 Å². The van der Waals surface area contributed by atoms with Crippen LogP contribution in [-0.4, -0.2) is 5.97 Å². The predicted octanol–water partition coefficient (Wildman–Crippen LogP) is 2.20. The Bertz CT molecular complexity index is 347. The Labute approximate surface area is 73.8 Å². The van der Waals surface area contributed by atoms with Gasteiger partial charge in [0.1, 0.15) is 5.76 Å². The van der Waals surface area contributed by atoms with Gasteiger partial charge < -0.3 is 4.74 Å². The standard InChI is InChI=1S/C9H6O2S/c10-9-2-1-8(11-9)5-7-3-4-12-6-7/h1-6H/b8-5-. The number of rotatable bonds is 1. The van der Waals surface area contributed by atoms with Gasteiger partial charge in [0.05, 0.1) is 0 Å². The molecule has 0 spiro atoms. The number of cyclic esters (lactones) is 1. The zero-order chi connectivity index (χ0) is 8.39. The molecule has 0 atom stereocenters. The highest BCUT2D eigenvalue weighted by molar-refractivity contribution is 7.08. The number of esters is 1. The van der Waals surface area contributed by atoms with Crippen LogP contribution in [-0.2, 0) is 9.53 Å². The zero-order valence-electron chi connectivity index (χ0n) is 6.19. The normalized spacial score (nSPS) is 18.7. The topological polar surface area (TPSA) is 26.3 Å². The minimum absolute atomic E-state index is 0.295. The van der Waals surface area contributed by atoms with E-state index in [4.69, 9.17) is 4.74 Å². The maximum atomic E-state index is 10.6. The lowest BCUT2D eigenvalue weighted by Crippen LogP contribution is -1.89. The Morgan fingerprint density at radius 2 is 2.33 bits per heavy atom. The molecule has 0 aromatic carbocycles. The van der Waals surface area contributed by atoms with E-state index in [1.807, 2.05) is 22.9 Å². The predicted molar refractivity (Wildman–Crippen MR) is 47.5 cm³/mol. The van der Waals surface area contributed by atoms with Gasteiger partial charge in [-0.3, -0.25) is 0 Å². The van der Waals surface area contributed by atoms with Crippen LogP contribution < -0.4 is 0 Å². The molecule has 1 aromatic heterocycles. The summed E-state index contributed by atoms with van der Waals surface area (Å²) >= 11 is 1.61. The van der Waals surface area contributed by atoms with Crippen LogP contribution in [0.3, 0.4) is 0 Å². The van der Waals surface area contributed by atoms with Gasteiger partial charge in [-0.2, -0.15) is 11.3 Å². The van der Waals surface area contributed by atoms with Crippen molar-refractivity contribution in [1.82, 2.24) is 0 Å². The molecule has 0 bridgehead atoms. The first-order valence-electron chi connectivity index (χ1n) is 3.48. The number of thiophene rings is 1. The Morgan fingerprint density at radius 3 is 2.92 bits per heavy atom. The lowest BCUT2D eigenvalue weighted by Gasteiger charge is -1.92. The molecular formula is C9H6O2S. The molecule has 2 heterocycles. The lowest BCUT2D eigenvalue weighted by molar-refractivity contribution is -0.132. The third-order valence-electron chi connectivity index (χ3n) is 1.45. The van der Waals surface area contributed by atoms with Gasteiger partial charge in [0.2, 0.25) is 0 Å². The molecule has 0 unspecified atom stereocenters. The van der Waals surface area contributed by atoms with Crippen LogP contribution in [0.15, 0.2) is 34.7 Å². The van der Waals surface area contributed by atoms with E-state index in [-0.39, 0.29) is 5.97 Å². The van der Waals surface area contributed by atoms with Crippen molar-refractivity contribution >= 4 is 23.4 Å². The molecule has 1 aliphatic heterocycles. The summed E-state index contributed by atoms with van der Waals surface area (Å²) in [5, 5.41) is 3.97. The number of allylic oxidation sites excluding steroid dienone is 1. The highest BCUT2D eigenvalue weighted by atomic mass is 32.1. The number of hydrogen-bond acceptors (Lipinski definition) is 3. The molecule has 0 saturated carbocycles. The average molecular weight is 178 g/mol. The third kappa shape index (κ3) is 1.46. The first-order chi connectivity index (χ1) is 5.84. The molecule has 12 heavy (non-hydrogen) atoms. The molecule has 2 rings (SSSR count). The molecule has 0 amide bonds. The molecule has 60 valence electrons. The van der Waals surface area contributed by atoms with Crippen LogP contribution in [0.4, 0.5) is 0 Å². The summed E-state index contributed by atoms with van der Waals surface area (Å²) in [7, 11) is 0. The smallest absolute Gasteiger partial charge is 0.336 e. The van der Waals surface area contributed by atoms with Crippen molar-refractivity contribution < 1.29 is 9.53 Å². The fraction of sp³-hybridized carbons (Fsp3) is 0. The van der Waals surface area contributed by atoms with Gasteiger partial charge in [-0.15, -0.1) is 0 Å².